The molecule has 0 fully saturated rings. The number of nitrogens with one attached hydrogen (secondary N) is 2. The van der Waals surface area contributed by atoms with Crippen molar-refractivity contribution >= 4 is 17.4 Å². The highest BCUT2D eigenvalue weighted by atomic mass is 16.5. The molecule has 2 aromatic rings. The minimum Gasteiger partial charge on any atom is -0.497 e. The first-order chi connectivity index (χ1) is 12.1. The molecule has 0 bridgehead atoms. The summed E-state index contributed by atoms with van der Waals surface area (Å²) in [6.45, 7) is 2.57. The molecule has 2 rings (SSSR count). The standard InChI is InChI=1S/C17H22N4O4/c1-11-19-14(17(22)18-7-8-23-2)10-16(20-11)21-13-6-5-12(24-3)9-15(13)25-4/h5-6,9-10H,7-8H2,1-4H3,(H,18,22)(H,19,20,21). The zero-order valence-corrected chi connectivity index (χ0v) is 14.8. The van der Waals surface area contributed by atoms with Gasteiger partial charge in [-0.1, -0.05) is 0 Å². The summed E-state index contributed by atoms with van der Waals surface area (Å²) in [6.07, 6.45) is 0. The van der Waals surface area contributed by atoms with Gasteiger partial charge < -0.3 is 24.8 Å². The largest absolute Gasteiger partial charge is 0.497 e. The summed E-state index contributed by atoms with van der Waals surface area (Å²) in [7, 11) is 4.73. The monoisotopic (exact) mass is 346 g/mol. The lowest BCUT2D eigenvalue weighted by atomic mass is 10.2. The third kappa shape index (κ3) is 5.05. The van der Waals surface area contributed by atoms with Crippen LogP contribution >= 0.6 is 0 Å². The van der Waals surface area contributed by atoms with Crippen molar-refractivity contribution in [1.29, 1.82) is 0 Å². The number of aromatic nitrogens is 2. The number of methoxy groups -OCH3 is 3. The molecule has 8 heteroatoms. The van der Waals surface area contributed by atoms with Gasteiger partial charge in [-0.15, -0.1) is 0 Å². The van der Waals surface area contributed by atoms with E-state index in [1.165, 1.54) is 0 Å². The topological polar surface area (TPSA) is 94.6 Å². The molecule has 1 aromatic carbocycles. The highest BCUT2D eigenvalue weighted by Crippen LogP contribution is 2.31. The molecule has 0 saturated carbocycles. The Labute approximate surface area is 146 Å². The molecule has 8 nitrogen and oxygen atoms in total. The molecule has 0 unspecified atom stereocenters. The van der Waals surface area contributed by atoms with Crippen molar-refractivity contribution in [3.63, 3.8) is 0 Å². The maximum absolute atomic E-state index is 12.2. The number of hydrogen-bond acceptors (Lipinski definition) is 7. The van der Waals surface area contributed by atoms with Crippen LogP contribution < -0.4 is 20.1 Å². The molecule has 0 saturated heterocycles. The third-order valence-electron chi connectivity index (χ3n) is 3.33. The average Bonchev–Trinajstić information content (AvgIpc) is 2.61. The highest BCUT2D eigenvalue weighted by Gasteiger charge is 2.12. The van der Waals surface area contributed by atoms with E-state index in [0.29, 0.717) is 42.0 Å². The molecule has 1 amide bonds. The number of ether oxygens (including phenoxy) is 3. The number of amides is 1. The summed E-state index contributed by atoms with van der Waals surface area (Å²) in [5.74, 6) is 1.97. The van der Waals surface area contributed by atoms with Gasteiger partial charge in [0.25, 0.3) is 5.91 Å². The van der Waals surface area contributed by atoms with E-state index in [9.17, 15) is 4.79 Å². The highest BCUT2D eigenvalue weighted by molar-refractivity contribution is 5.93. The van der Waals surface area contributed by atoms with Crippen molar-refractivity contribution < 1.29 is 19.0 Å². The van der Waals surface area contributed by atoms with Crippen LogP contribution in [0.15, 0.2) is 24.3 Å². The van der Waals surface area contributed by atoms with Crippen molar-refractivity contribution in [3.05, 3.63) is 35.8 Å². The van der Waals surface area contributed by atoms with E-state index < -0.39 is 0 Å². The summed E-state index contributed by atoms with van der Waals surface area (Å²) >= 11 is 0. The normalized spacial score (nSPS) is 10.2. The molecule has 2 N–H and O–H groups in total. The summed E-state index contributed by atoms with van der Waals surface area (Å²) in [5, 5.41) is 5.87. The number of rotatable bonds is 8. The Morgan fingerprint density at radius 1 is 1.12 bits per heavy atom. The van der Waals surface area contributed by atoms with Crippen LogP contribution in [-0.4, -0.2) is 50.4 Å². The molecule has 0 radical (unpaired) electrons. The number of carbonyl (C=O) groups is 1. The Hall–Kier alpha value is -2.87. The van der Waals surface area contributed by atoms with Gasteiger partial charge in [0.1, 0.15) is 28.8 Å². The van der Waals surface area contributed by atoms with E-state index in [1.54, 1.807) is 46.5 Å². The van der Waals surface area contributed by atoms with E-state index in [4.69, 9.17) is 14.2 Å². The maximum Gasteiger partial charge on any atom is 0.270 e. The van der Waals surface area contributed by atoms with E-state index >= 15 is 0 Å². The van der Waals surface area contributed by atoms with E-state index in [1.807, 2.05) is 6.07 Å². The maximum atomic E-state index is 12.2. The average molecular weight is 346 g/mol. The second-order valence-electron chi connectivity index (χ2n) is 5.13. The molecular formula is C17H22N4O4. The number of nitrogens with zero attached hydrogens (tertiary/aromatic N) is 2. The van der Waals surface area contributed by atoms with Crippen molar-refractivity contribution in [2.45, 2.75) is 6.92 Å². The molecule has 0 spiro atoms. The van der Waals surface area contributed by atoms with Crippen LogP contribution in [0.4, 0.5) is 11.5 Å². The van der Waals surface area contributed by atoms with Crippen molar-refractivity contribution in [2.75, 3.05) is 39.8 Å². The minimum atomic E-state index is -0.285. The lowest BCUT2D eigenvalue weighted by molar-refractivity contribution is 0.0931. The first-order valence-electron chi connectivity index (χ1n) is 7.69. The fourth-order valence-corrected chi connectivity index (χ4v) is 2.14. The van der Waals surface area contributed by atoms with Crippen LogP contribution in [0.2, 0.25) is 0 Å². The number of benzene rings is 1. The number of carbonyl (C=O) groups excluding carboxylic acids is 1. The zero-order valence-electron chi connectivity index (χ0n) is 14.8. The second-order valence-corrected chi connectivity index (χ2v) is 5.13. The van der Waals surface area contributed by atoms with Crippen LogP contribution in [-0.2, 0) is 4.74 Å². The van der Waals surface area contributed by atoms with Gasteiger partial charge in [0, 0.05) is 25.8 Å². The number of hydrogen-bond donors (Lipinski definition) is 2. The van der Waals surface area contributed by atoms with Gasteiger partial charge in [0.05, 0.1) is 26.5 Å². The number of aryl methyl sites for hydroxylation is 1. The SMILES string of the molecule is COCCNC(=O)c1cc(Nc2ccc(OC)cc2OC)nc(C)n1. The summed E-state index contributed by atoms with van der Waals surface area (Å²) in [4.78, 5) is 20.6. The Morgan fingerprint density at radius 3 is 2.60 bits per heavy atom. The van der Waals surface area contributed by atoms with Gasteiger partial charge in [-0.05, 0) is 19.1 Å². The smallest absolute Gasteiger partial charge is 0.270 e. The van der Waals surface area contributed by atoms with Crippen LogP contribution in [0.3, 0.4) is 0 Å². The molecule has 0 aliphatic carbocycles. The van der Waals surface area contributed by atoms with Gasteiger partial charge in [-0.2, -0.15) is 0 Å². The molecule has 0 aliphatic rings. The van der Waals surface area contributed by atoms with Crippen molar-refractivity contribution in [3.8, 4) is 11.5 Å². The Morgan fingerprint density at radius 2 is 1.92 bits per heavy atom. The van der Waals surface area contributed by atoms with Crippen LogP contribution in [0.5, 0.6) is 11.5 Å². The third-order valence-corrected chi connectivity index (χ3v) is 3.33. The van der Waals surface area contributed by atoms with Gasteiger partial charge in [-0.3, -0.25) is 4.79 Å². The van der Waals surface area contributed by atoms with Crippen LogP contribution in [0.25, 0.3) is 0 Å². The molecule has 25 heavy (non-hydrogen) atoms. The Bertz CT molecular complexity index is 737. The first kappa shape index (κ1) is 18.5. The van der Waals surface area contributed by atoms with Gasteiger partial charge in [0.2, 0.25) is 0 Å². The van der Waals surface area contributed by atoms with Crippen LogP contribution in [0, 0.1) is 6.92 Å². The Balaban J connectivity index is 2.21. The van der Waals surface area contributed by atoms with E-state index in [-0.39, 0.29) is 11.6 Å². The summed E-state index contributed by atoms with van der Waals surface area (Å²) < 4.78 is 15.5. The molecule has 134 valence electrons. The molecule has 1 heterocycles. The summed E-state index contributed by atoms with van der Waals surface area (Å²) in [5.41, 5.74) is 0.978. The van der Waals surface area contributed by atoms with Gasteiger partial charge in [0.15, 0.2) is 0 Å². The zero-order chi connectivity index (χ0) is 18.2. The predicted octanol–water partition coefficient (Wildman–Crippen LogP) is 1.92. The van der Waals surface area contributed by atoms with Gasteiger partial charge in [-0.25, -0.2) is 9.97 Å². The lowest BCUT2D eigenvalue weighted by Gasteiger charge is -2.13. The first-order valence-corrected chi connectivity index (χ1v) is 7.69. The van der Waals surface area contributed by atoms with Gasteiger partial charge >= 0.3 is 0 Å². The second kappa shape index (κ2) is 8.84. The fraction of sp³-hybridized carbons (Fsp3) is 0.353. The van der Waals surface area contributed by atoms with Crippen LogP contribution in [0.1, 0.15) is 16.3 Å². The molecular weight excluding hydrogens is 324 g/mol. The quantitative estimate of drug-likeness (QED) is 0.705. The minimum absolute atomic E-state index is 0.276. The van der Waals surface area contributed by atoms with E-state index in [2.05, 4.69) is 20.6 Å². The lowest BCUT2D eigenvalue weighted by Crippen LogP contribution is -2.28. The molecule has 0 aliphatic heterocycles. The van der Waals surface area contributed by atoms with Crippen molar-refractivity contribution in [1.82, 2.24) is 15.3 Å². The summed E-state index contributed by atoms with van der Waals surface area (Å²) in [6, 6.07) is 6.96. The predicted molar refractivity (Wildman–Crippen MR) is 93.8 cm³/mol. The van der Waals surface area contributed by atoms with E-state index in [0.717, 1.165) is 0 Å². The molecule has 1 aromatic heterocycles. The molecule has 0 atom stereocenters. The number of anilines is 2. The fourth-order valence-electron chi connectivity index (χ4n) is 2.14. The Kier molecular flexibility index (Phi) is 6.53. The van der Waals surface area contributed by atoms with Crippen molar-refractivity contribution in [2.24, 2.45) is 0 Å².